The molecule has 1 saturated heterocycles. The number of aromatic nitrogens is 1. The summed E-state index contributed by atoms with van der Waals surface area (Å²) in [6.07, 6.45) is 6.32. The number of rotatable bonds is 9. The summed E-state index contributed by atoms with van der Waals surface area (Å²) >= 11 is 0. The van der Waals surface area contributed by atoms with Crippen LogP contribution in [0.1, 0.15) is 92.4 Å². The molecule has 63 heavy (non-hydrogen) atoms. The third kappa shape index (κ3) is 9.83. The number of ketones is 1. The lowest BCUT2D eigenvalue weighted by atomic mass is 9.82. The van der Waals surface area contributed by atoms with Crippen molar-refractivity contribution in [3.8, 4) is 34.4 Å². The molecule has 338 valence electrons. The van der Waals surface area contributed by atoms with Crippen molar-refractivity contribution in [3.63, 3.8) is 0 Å². The van der Waals surface area contributed by atoms with Crippen molar-refractivity contribution in [1.82, 2.24) is 14.6 Å². The molecule has 0 spiro atoms. The summed E-state index contributed by atoms with van der Waals surface area (Å²) in [5, 5.41) is 0.852. The Kier molecular flexibility index (Phi) is 12.3. The fourth-order valence-corrected chi connectivity index (χ4v) is 10.9. The van der Waals surface area contributed by atoms with Crippen LogP contribution in [0.2, 0.25) is 0 Å². The number of allylic oxidation sites excluding steroid dienone is 2. The maximum Gasteiger partial charge on any atom is 0.307 e. The molecule has 3 fully saturated rings. The van der Waals surface area contributed by atoms with Crippen LogP contribution in [0.5, 0.6) is 23.1 Å². The van der Waals surface area contributed by atoms with Crippen LogP contribution in [0.4, 0.5) is 0 Å². The molecular weight excluding hydrogens is 827 g/mol. The van der Waals surface area contributed by atoms with Crippen LogP contribution in [-0.4, -0.2) is 91.7 Å². The highest BCUT2D eigenvalue weighted by atomic mass is 32.2. The highest BCUT2D eigenvalue weighted by Crippen LogP contribution is 2.57. The largest absolute Gasteiger partial charge is 0.497 e. The number of nitrogens with zero attached hydrogens (tertiary/aromatic N) is 2. The Hall–Kier alpha value is -5.18. The van der Waals surface area contributed by atoms with Gasteiger partial charge in [0.05, 0.1) is 48.4 Å². The van der Waals surface area contributed by atoms with Gasteiger partial charge >= 0.3 is 5.97 Å². The zero-order valence-corrected chi connectivity index (χ0v) is 37.8. The number of carbonyl (C=O) groups is 4. The van der Waals surface area contributed by atoms with Gasteiger partial charge in [0.1, 0.15) is 30.7 Å². The molecule has 1 N–H and O–H groups in total. The number of hydrogen-bond donors (Lipinski definition) is 1. The predicted molar refractivity (Wildman–Crippen MR) is 235 cm³/mol. The molecule has 5 aliphatic rings. The third-order valence-electron chi connectivity index (χ3n) is 13.1. The fraction of sp³-hybridized carbons (Fsp3) is 0.562. The van der Waals surface area contributed by atoms with E-state index in [9.17, 15) is 22.8 Å². The van der Waals surface area contributed by atoms with Gasteiger partial charge in [-0.3, -0.25) is 23.9 Å². The Balaban J connectivity index is 1.16. The molecule has 15 heteroatoms. The van der Waals surface area contributed by atoms with Gasteiger partial charge in [-0.2, -0.15) is 0 Å². The van der Waals surface area contributed by atoms with E-state index in [-0.39, 0.29) is 61.1 Å². The number of benzene rings is 2. The Morgan fingerprint density at radius 3 is 2.48 bits per heavy atom. The number of esters is 1. The second kappa shape index (κ2) is 17.4. The second-order valence-corrected chi connectivity index (χ2v) is 21.2. The molecule has 0 bridgehead atoms. The Morgan fingerprint density at radius 2 is 1.75 bits per heavy atom. The average molecular weight is 886 g/mol. The van der Waals surface area contributed by atoms with E-state index in [0.29, 0.717) is 73.6 Å². The van der Waals surface area contributed by atoms with Crippen molar-refractivity contribution in [1.29, 1.82) is 0 Å². The number of Topliss-reactive ketones (excluding diaryl/α,β-unsaturated/α-hetero) is 1. The summed E-state index contributed by atoms with van der Waals surface area (Å²) in [5.41, 5.74) is -0.714. The standard InChI is InChI=1S/C48H59N3O11S/c1-28-9-7-8-10-32-25-48(32,46(55)50-63(56,57)35-13-14-35)26-40(52)39-23-34(27-51(39)45(54)37(29(2)19-28)24-43(53)62-47(3,4)5)61-44-36-15-12-33(58-6)20-31(36)21-38(49-44)30-11-16-41-42(22-30)60-18-17-59-41/h8,10-12,15-16,20-22,28-29,32,34-35,37,39H,7,9,13-14,17-19,23-27H2,1-6H3,(H,50,55)/b10-8-/t28-,29-,32-,34-,37+,39+,48-/m1/s1. The van der Waals surface area contributed by atoms with E-state index in [2.05, 4.69) is 11.6 Å². The summed E-state index contributed by atoms with van der Waals surface area (Å²) in [6.45, 7) is 10.3. The number of methoxy groups -OCH3 is 1. The van der Waals surface area contributed by atoms with Gasteiger partial charge in [-0.25, -0.2) is 13.4 Å². The van der Waals surface area contributed by atoms with E-state index in [0.717, 1.165) is 17.4 Å². The van der Waals surface area contributed by atoms with Crippen molar-refractivity contribution >= 4 is 44.4 Å². The molecule has 7 atom stereocenters. The molecule has 1 aromatic heterocycles. The van der Waals surface area contributed by atoms with E-state index in [1.165, 1.54) is 4.90 Å². The molecule has 4 heterocycles. The predicted octanol–water partition coefficient (Wildman–Crippen LogP) is 6.96. The van der Waals surface area contributed by atoms with E-state index < -0.39 is 56.2 Å². The highest BCUT2D eigenvalue weighted by molar-refractivity contribution is 7.90. The minimum absolute atomic E-state index is 0.00843. The van der Waals surface area contributed by atoms with Gasteiger partial charge in [-0.1, -0.05) is 26.0 Å². The van der Waals surface area contributed by atoms with Crippen LogP contribution >= 0.6 is 0 Å². The molecule has 8 rings (SSSR count). The molecule has 0 unspecified atom stereocenters. The number of amides is 2. The van der Waals surface area contributed by atoms with Crippen LogP contribution in [0.15, 0.2) is 54.6 Å². The van der Waals surface area contributed by atoms with Crippen molar-refractivity contribution in [2.75, 3.05) is 26.9 Å². The van der Waals surface area contributed by atoms with E-state index in [1.807, 2.05) is 61.5 Å². The first kappa shape index (κ1) is 44.4. The van der Waals surface area contributed by atoms with Gasteiger partial charge in [-0.15, -0.1) is 0 Å². The average Bonchev–Trinajstić information content (AvgIpc) is 4.16. The molecule has 3 aliphatic heterocycles. The van der Waals surface area contributed by atoms with Crippen molar-refractivity contribution < 1.29 is 51.3 Å². The maximum absolute atomic E-state index is 15.1. The number of nitrogens with one attached hydrogen (secondary N) is 1. The first-order valence-electron chi connectivity index (χ1n) is 22.3. The molecule has 0 radical (unpaired) electrons. The number of hydrogen-bond acceptors (Lipinski definition) is 12. The van der Waals surface area contributed by atoms with E-state index in [4.69, 9.17) is 28.7 Å². The third-order valence-corrected chi connectivity index (χ3v) is 14.9. The van der Waals surface area contributed by atoms with Gasteiger partial charge in [0.2, 0.25) is 27.7 Å². The minimum Gasteiger partial charge on any atom is -0.497 e. The van der Waals surface area contributed by atoms with Gasteiger partial charge in [0.15, 0.2) is 17.3 Å². The highest BCUT2D eigenvalue weighted by Gasteiger charge is 2.61. The molecular formula is C48H59N3O11S. The summed E-state index contributed by atoms with van der Waals surface area (Å²) in [4.78, 5) is 64.1. The number of sulfonamides is 1. The Morgan fingerprint density at radius 1 is 0.984 bits per heavy atom. The molecule has 2 aliphatic carbocycles. The van der Waals surface area contributed by atoms with E-state index in [1.54, 1.807) is 27.9 Å². The first-order valence-corrected chi connectivity index (χ1v) is 23.8. The monoisotopic (exact) mass is 885 g/mol. The van der Waals surface area contributed by atoms with Crippen LogP contribution in [0, 0.1) is 29.1 Å². The van der Waals surface area contributed by atoms with Crippen LogP contribution < -0.4 is 23.7 Å². The number of fused-ring (bicyclic) bond motifs is 4. The summed E-state index contributed by atoms with van der Waals surface area (Å²) in [5.74, 6) is -0.989. The van der Waals surface area contributed by atoms with Crippen molar-refractivity contribution in [2.24, 2.45) is 29.1 Å². The molecule has 2 amide bonds. The van der Waals surface area contributed by atoms with Crippen molar-refractivity contribution in [3.05, 3.63) is 54.6 Å². The summed E-state index contributed by atoms with van der Waals surface area (Å²) < 4.78 is 58.2. The first-order chi connectivity index (χ1) is 29.9. The van der Waals surface area contributed by atoms with Gasteiger partial charge in [-0.05, 0) is 125 Å². The van der Waals surface area contributed by atoms with Gasteiger partial charge < -0.3 is 28.6 Å². The lowest BCUT2D eigenvalue weighted by Gasteiger charge is -2.32. The maximum atomic E-state index is 15.1. The number of ether oxygens (including phenoxy) is 5. The number of pyridine rings is 1. The molecule has 3 aromatic rings. The minimum atomic E-state index is -3.89. The van der Waals surface area contributed by atoms with Crippen LogP contribution in [-0.2, 0) is 33.9 Å². The molecule has 14 nitrogen and oxygen atoms in total. The lowest BCUT2D eigenvalue weighted by molar-refractivity contribution is -0.160. The van der Waals surface area contributed by atoms with Gasteiger partial charge in [0, 0.05) is 23.8 Å². The molecule has 2 saturated carbocycles. The zero-order chi connectivity index (χ0) is 44.8. The smallest absolute Gasteiger partial charge is 0.307 e. The number of carbonyl (C=O) groups excluding carboxylic acids is 4. The zero-order valence-electron chi connectivity index (χ0n) is 37.0. The van der Waals surface area contributed by atoms with Crippen molar-refractivity contribution in [2.45, 2.75) is 115 Å². The Bertz CT molecular complexity index is 2420. The normalized spacial score (nSPS) is 28.2. The topological polar surface area (TPSA) is 177 Å². The Labute approximate surface area is 369 Å². The quantitative estimate of drug-likeness (QED) is 0.173. The lowest BCUT2D eigenvalue weighted by Crippen LogP contribution is -2.47. The fourth-order valence-electron chi connectivity index (χ4n) is 9.48. The second-order valence-electron chi connectivity index (χ2n) is 19.2. The summed E-state index contributed by atoms with van der Waals surface area (Å²) in [7, 11) is -2.30. The SMILES string of the molecule is COc1ccc2c(O[C@@H]3C[C@H]4C(=O)C[C@]5(C(=O)NS(=O)(=O)C6CC6)C[C@H]5/C=C\CC[C@@H](C)C[C@@H](C)[C@H](CC(=O)OC(C)(C)C)C(=O)N4C3)nc(-c3ccc4c(c3)OCCO4)cc2c1. The van der Waals surface area contributed by atoms with E-state index >= 15 is 4.79 Å². The molecule has 2 aromatic carbocycles. The van der Waals surface area contributed by atoms with Crippen LogP contribution in [0.25, 0.3) is 22.0 Å². The summed E-state index contributed by atoms with van der Waals surface area (Å²) in [6, 6.07) is 12.0. The van der Waals surface area contributed by atoms with Crippen LogP contribution in [0.3, 0.4) is 0 Å². The van der Waals surface area contributed by atoms with Gasteiger partial charge in [0.25, 0.3) is 0 Å².